The van der Waals surface area contributed by atoms with Crippen LogP contribution in [0.15, 0.2) is 48.5 Å². The summed E-state index contributed by atoms with van der Waals surface area (Å²) in [7, 11) is -3.68. The first-order valence-corrected chi connectivity index (χ1v) is 11.8. The molecule has 7 nitrogen and oxygen atoms in total. The van der Waals surface area contributed by atoms with Crippen molar-refractivity contribution in [1.29, 1.82) is 0 Å². The zero-order chi connectivity index (χ0) is 22.1. The molecule has 2 rings (SSSR count). The second-order valence-electron chi connectivity index (χ2n) is 6.86. The van der Waals surface area contributed by atoms with Gasteiger partial charge in [-0.2, -0.15) is 0 Å². The molecule has 2 aromatic rings. The molecule has 0 aromatic heterocycles. The molecular formula is C22H30N2O5S. The standard InChI is InChI=1S/C22H30N2O5S/c1-5-21(22(25)23-15-16-29-20-11-7-17(3)8-12-20)24(30(4,26)27)18-9-13-19(14-10-18)28-6-2/h7-14,21H,5-6,15-16H2,1-4H3,(H,23,25)/t21-/m0/s1. The maximum atomic E-state index is 12.8. The Labute approximate surface area is 179 Å². The van der Waals surface area contributed by atoms with E-state index in [9.17, 15) is 13.2 Å². The summed E-state index contributed by atoms with van der Waals surface area (Å²) in [6.45, 7) is 6.71. The van der Waals surface area contributed by atoms with E-state index in [2.05, 4.69) is 5.32 Å². The lowest BCUT2D eigenvalue weighted by Crippen LogP contribution is -2.50. The highest BCUT2D eigenvalue weighted by molar-refractivity contribution is 7.92. The summed E-state index contributed by atoms with van der Waals surface area (Å²) < 4.78 is 37.1. The van der Waals surface area contributed by atoms with Crippen molar-refractivity contribution < 1.29 is 22.7 Å². The van der Waals surface area contributed by atoms with Gasteiger partial charge >= 0.3 is 0 Å². The first-order chi connectivity index (χ1) is 14.3. The van der Waals surface area contributed by atoms with Gasteiger partial charge in [-0.1, -0.05) is 24.6 Å². The van der Waals surface area contributed by atoms with E-state index >= 15 is 0 Å². The number of aryl methyl sites for hydroxylation is 1. The monoisotopic (exact) mass is 434 g/mol. The maximum Gasteiger partial charge on any atom is 0.244 e. The molecule has 0 aliphatic carbocycles. The number of nitrogens with one attached hydrogen (secondary N) is 1. The number of rotatable bonds is 11. The van der Waals surface area contributed by atoms with Crippen molar-refractivity contribution in [2.45, 2.75) is 33.2 Å². The van der Waals surface area contributed by atoms with Crippen LogP contribution in [0.3, 0.4) is 0 Å². The summed E-state index contributed by atoms with van der Waals surface area (Å²) >= 11 is 0. The molecule has 0 bridgehead atoms. The van der Waals surface area contributed by atoms with Gasteiger partial charge in [0.25, 0.3) is 0 Å². The van der Waals surface area contributed by atoms with Crippen LogP contribution < -0.4 is 19.1 Å². The summed E-state index contributed by atoms with van der Waals surface area (Å²) in [5.74, 6) is 0.985. The van der Waals surface area contributed by atoms with Gasteiger partial charge in [-0.3, -0.25) is 9.10 Å². The Morgan fingerprint density at radius 3 is 2.10 bits per heavy atom. The summed E-state index contributed by atoms with van der Waals surface area (Å²) in [5.41, 5.74) is 1.55. The number of carbonyl (C=O) groups is 1. The lowest BCUT2D eigenvalue weighted by Gasteiger charge is -2.30. The minimum Gasteiger partial charge on any atom is -0.494 e. The SMILES string of the molecule is CCOc1ccc(N([C@@H](CC)C(=O)NCCOc2ccc(C)cc2)S(C)(=O)=O)cc1. The molecular weight excluding hydrogens is 404 g/mol. The fourth-order valence-corrected chi connectivity index (χ4v) is 4.22. The van der Waals surface area contributed by atoms with Crippen LogP contribution in [0, 0.1) is 6.92 Å². The van der Waals surface area contributed by atoms with Crippen molar-refractivity contribution in [2.24, 2.45) is 0 Å². The third kappa shape index (κ3) is 6.66. The van der Waals surface area contributed by atoms with Gasteiger partial charge < -0.3 is 14.8 Å². The summed E-state index contributed by atoms with van der Waals surface area (Å²) in [4.78, 5) is 12.8. The van der Waals surface area contributed by atoms with Crippen molar-refractivity contribution in [3.63, 3.8) is 0 Å². The second-order valence-corrected chi connectivity index (χ2v) is 8.72. The fraction of sp³-hybridized carbons (Fsp3) is 0.409. The van der Waals surface area contributed by atoms with E-state index in [0.717, 1.165) is 16.1 Å². The van der Waals surface area contributed by atoms with Gasteiger partial charge in [-0.15, -0.1) is 0 Å². The molecule has 0 aliphatic rings. The van der Waals surface area contributed by atoms with Gasteiger partial charge in [0.15, 0.2) is 0 Å². The van der Waals surface area contributed by atoms with Gasteiger partial charge in [-0.25, -0.2) is 8.42 Å². The van der Waals surface area contributed by atoms with Crippen LogP contribution in [0.2, 0.25) is 0 Å². The molecule has 0 saturated carbocycles. The van der Waals surface area contributed by atoms with Crippen LogP contribution in [0.25, 0.3) is 0 Å². The van der Waals surface area contributed by atoms with Crippen molar-refractivity contribution in [1.82, 2.24) is 5.32 Å². The average molecular weight is 435 g/mol. The number of sulfonamides is 1. The summed E-state index contributed by atoms with van der Waals surface area (Å²) in [6.07, 6.45) is 1.42. The Kier molecular flexibility index (Phi) is 8.53. The van der Waals surface area contributed by atoms with Gasteiger partial charge in [-0.05, 0) is 56.7 Å². The predicted molar refractivity (Wildman–Crippen MR) is 119 cm³/mol. The molecule has 164 valence electrons. The van der Waals surface area contributed by atoms with Gasteiger partial charge in [0, 0.05) is 0 Å². The zero-order valence-corrected chi connectivity index (χ0v) is 18.7. The Morgan fingerprint density at radius 1 is 1.00 bits per heavy atom. The minimum absolute atomic E-state index is 0.268. The second kappa shape index (κ2) is 10.9. The number of hydrogen-bond donors (Lipinski definition) is 1. The van der Waals surface area contributed by atoms with Crippen LogP contribution in [0.5, 0.6) is 11.5 Å². The third-order valence-corrected chi connectivity index (χ3v) is 5.60. The highest BCUT2D eigenvalue weighted by Gasteiger charge is 2.31. The number of benzene rings is 2. The Hall–Kier alpha value is -2.74. The van der Waals surface area contributed by atoms with E-state index < -0.39 is 16.1 Å². The van der Waals surface area contributed by atoms with E-state index in [1.165, 1.54) is 0 Å². The molecule has 0 unspecified atom stereocenters. The normalized spacial score (nSPS) is 12.1. The lowest BCUT2D eigenvalue weighted by atomic mass is 10.2. The highest BCUT2D eigenvalue weighted by atomic mass is 32.2. The topological polar surface area (TPSA) is 84.9 Å². The Bertz CT molecular complexity index is 912. The molecule has 30 heavy (non-hydrogen) atoms. The first kappa shape index (κ1) is 23.5. The van der Waals surface area contributed by atoms with Crippen LogP contribution in [0.1, 0.15) is 25.8 Å². The summed E-state index contributed by atoms with van der Waals surface area (Å²) in [6, 6.07) is 13.4. The zero-order valence-electron chi connectivity index (χ0n) is 17.9. The molecule has 8 heteroatoms. The van der Waals surface area contributed by atoms with E-state index in [4.69, 9.17) is 9.47 Å². The molecule has 0 spiro atoms. The number of hydrogen-bond acceptors (Lipinski definition) is 5. The molecule has 1 N–H and O–H groups in total. The fourth-order valence-electron chi connectivity index (χ4n) is 3.01. The van der Waals surface area contributed by atoms with Gasteiger partial charge in [0.2, 0.25) is 15.9 Å². The van der Waals surface area contributed by atoms with Gasteiger partial charge in [0.1, 0.15) is 24.1 Å². The molecule has 0 heterocycles. The largest absolute Gasteiger partial charge is 0.494 e. The molecule has 1 atom stereocenters. The number of nitrogens with zero attached hydrogens (tertiary/aromatic N) is 1. The number of ether oxygens (including phenoxy) is 2. The van der Waals surface area contributed by atoms with E-state index in [0.29, 0.717) is 30.2 Å². The van der Waals surface area contributed by atoms with Crippen molar-refractivity contribution >= 4 is 21.6 Å². The van der Waals surface area contributed by atoms with Crippen molar-refractivity contribution in [3.8, 4) is 11.5 Å². The summed E-state index contributed by atoms with van der Waals surface area (Å²) in [5, 5.41) is 2.77. The minimum atomic E-state index is -3.68. The number of amides is 1. The molecule has 1 amide bonds. The van der Waals surface area contributed by atoms with Crippen molar-refractivity contribution in [2.75, 3.05) is 30.3 Å². The maximum absolute atomic E-state index is 12.8. The van der Waals surface area contributed by atoms with Gasteiger partial charge in [0.05, 0.1) is 25.1 Å². The van der Waals surface area contributed by atoms with Crippen molar-refractivity contribution in [3.05, 3.63) is 54.1 Å². The quantitative estimate of drug-likeness (QED) is 0.549. The first-order valence-electron chi connectivity index (χ1n) is 9.95. The smallest absolute Gasteiger partial charge is 0.244 e. The number of carbonyl (C=O) groups excluding carboxylic acids is 1. The third-order valence-electron chi connectivity index (χ3n) is 4.42. The average Bonchev–Trinajstić information content (AvgIpc) is 2.70. The van der Waals surface area contributed by atoms with E-state index in [-0.39, 0.29) is 19.1 Å². The molecule has 0 fully saturated rings. The number of anilines is 1. The lowest BCUT2D eigenvalue weighted by molar-refractivity contribution is -0.122. The van der Waals surface area contributed by atoms with Crippen LogP contribution in [0.4, 0.5) is 5.69 Å². The molecule has 2 aromatic carbocycles. The molecule has 0 saturated heterocycles. The van der Waals surface area contributed by atoms with Crippen LogP contribution in [-0.4, -0.2) is 46.4 Å². The van der Waals surface area contributed by atoms with Crippen LogP contribution >= 0.6 is 0 Å². The van der Waals surface area contributed by atoms with Crippen LogP contribution in [-0.2, 0) is 14.8 Å². The highest BCUT2D eigenvalue weighted by Crippen LogP contribution is 2.25. The molecule has 0 radical (unpaired) electrons. The Balaban J connectivity index is 2.04. The van der Waals surface area contributed by atoms with E-state index in [1.807, 2.05) is 38.1 Å². The predicted octanol–water partition coefficient (Wildman–Crippen LogP) is 3.13. The van der Waals surface area contributed by atoms with E-state index in [1.54, 1.807) is 31.2 Å². The molecule has 0 aliphatic heterocycles. The Morgan fingerprint density at radius 2 is 1.57 bits per heavy atom.